The van der Waals surface area contributed by atoms with E-state index >= 15 is 0 Å². The summed E-state index contributed by atoms with van der Waals surface area (Å²) in [5, 5.41) is 6.96. The van der Waals surface area contributed by atoms with Gasteiger partial charge in [-0.1, -0.05) is 13.0 Å². The van der Waals surface area contributed by atoms with Crippen molar-refractivity contribution in [1.82, 2.24) is 25.1 Å². The lowest BCUT2D eigenvalue weighted by Gasteiger charge is -2.16. The molecule has 1 aliphatic rings. The molecule has 0 saturated carbocycles. The van der Waals surface area contributed by atoms with Crippen molar-refractivity contribution >= 4 is 11.7 Å². The van der Waals surface area contributed by atoms with Gasteiger partial charge in [0.05, 0.1) is 12.5 Å². The smallest absolute Gasteiger partial charge is 0.225 e. The minimum absolute atomic E-state index is 0.0322. The highest BCUT2D eigenvalue weighted by Gasteiger charge is 2.35. The number of hydrogen-bond acceptors (Lipinski definition) is 5. The fourth-order valence-corrected chi connectivity index (χ4v) is 2.81. The second kappa shape index (κ2) is 6.13. The number of carbonyl (C=O) groups is 1. The molecular weight excluding hydrogens is 280 g/mol. The third-order valence-electron chi connectivity index (χ3n) is 4.15. The number of nitrogens with zero attached hydrogens (tertiary/aromatic N) is 5. The van der Waals surface area contributed by atoms with E-state index in [0.717, 1.165) is 18.2 Å². The fourth-order valence-electron chi connectivity index (χ4n) is 2.81. The Hall–Kier alpha value is -2.44. The van der Waals surface area contributed by atoms with Gasteiger partial charge in [-0.25, -0.2) is 9.97 Å². The Morgan fingerprint density at radius 1 is 1.36 bits per heavy atom. The molecule has 3 heterocycles. The van der Waals surface area contributed by atoms with Gasteiger partial charge in [-0.15, -0.1) is 0 Å². The Morgan fingerprint density at radius 3 is 2.91 bits per heavy atom. The van der Waals surface area contributed by atoms with Crippen LogP contribution in [-0.4, -0.2) is 38.7 Å². The zero-order chi connectivity index (χ0) is 15.5. The van der Waals surface area contributed by atoms with Crippen LogP contribution in [0.2, 0.25) is 0 Å². The molecule has 0 radical (unpaired) electrons. The number of carbonyl (C=O) groups excluding carboxylic acids is 1. The minimum atomic E-state index is -0.0322. The second-order valence-corrected chi connectivity index (χ2v) is 5.69. The summed E-state index contributed by atoms with van der Waals surface area (Å²) < 4.78 is 1.67. The molecule has 1 N–H and O–H groups in total. The Bertz CT molecular complexity index is 640. The van der Waals surface area contributed by atoms with Crippen LogP contribution >= 0.6 is 0 Å². The number of rotatable bonds is 4. The molecule has 0 aliphatic carbocycles. The largest absolute Gasteiger partial charge is 0.356 e. The van der Waals surface area contributed by atoms with Gasteiger partial charge in [0.15, 0.2) is 0 Å². The average molecular weight is 300 g/mol. The summed E-state index contributed by atoms with van der Waals surface area (Å²) in [4.78, 5) is 23.1. The van der Waals surface area contributed by atoms with E-state index in [1.54, 1.807) is 10.9 Å². The molecule has 0 aromatic carbocycles. The van der Waals surface area contributed by atoms with E-state index in [2.05, 4.69) is 32.2 Å². The van der Waals surface area contributed by atoms with Crippen molar-refractivity contribution in [2.24, 2.45) is 18.9 Å². The predicted molar refractivity (Wildman–Crippen MR) is 82.0 cm³/mol. The van der Waals surface area contributed by atoms with Crippen molar-refractivity contribution in [1.29, 1.82) is 0 Å². The zero-order valence-electron chi connectivity index (χ0n) is 12.8. The lowest BCUT2D eigenvalue weighted by molar-refractivity contribution is -0.125. The van der Waals surface area contributed by atoms with Crippen LogP contribution in [0.25, 0.3) is 0 Å². The van der Waals surface area contributed by atoms with E-state index in [-0.39, 0.29) is 11.8 Å². The first-order valence-electron chi connectivity index (χ1n) is 7.41. The Morgan fingerprint density at radius 2 is 2.23 bits per heavy atom. The molecule has 1 aliphatic heterocycles. The molecule has 1 saturated heterocycles. The predicted octanol–water partition coefficient (Wildman–Crippen LogP) is 0.599. The number of aryl methyl sites for hydroxylation is 1. The Balaban J connectivity index is 1.60. The molecule has 22 heavy (non-hydrogen) atoms. The molecular formula is C15H20N6O. The SMILES string of the molecule is C[C@@H]1CN(c2ccccn2)C[C@H]1C(=O)NCc1ncnn1C. The van der Waals surface area contributed by atoms with Crippen LogP contribution in [0, 0.1) is 11.8 Å². The van der Waals surface area contributed by atoms with Crippen molar-refractivity contribution in [2.45, 2.75) is 13.5 Å². The number of anilines is 1. The Labute approximate surface area is 129 Å². The first-order valence-corrected chi connectivity index (χ1v) is 7.41. The minimum Gasteiger partial charge on any atom is -0.356 e. The van der Waals surface area contributed by atoms with E-state index in [9.17, 15) is 4.79 Å². The summed E-state index contributed by atoms with van der Waals surface area (Å²) in [5.41, 5.74) is 0. The highest BCUT2D eigenvalue weighted by Crippen LogP contribution is 2.26. The molecule has 3 rings (SSSR count). The molecule has 7 nitrogen and oxygen atoms in total. The van der Waals surface area contributed by atoms with Crippen molar-refractivity contribution < 1.29 is 4.79 Å². The average Bonchev–Trinajstić information content (AvgIpc) is 3.12. The van der Waals surface area contributed by atoms with Gasteiger partial charge in [0.25, 0.3) is 0 Å². The maximum Gasteiger partial charge on any atom is 0.225 e. The van der Waals surface area contributed by atoms with Crippen LogP contribution in [0.4, 0.5) is 5.82 Å². The summed E-state index contributed by atoms with van der Waals surface area (Å²) in [6.07, 6.45) is 3.27. The third kappa shape index (κ3) is 2.93. The van der Waals surface area contributed by atoms with E-state index in [0.29, 0.717) is 19.0 Å². The molecule has 2 aromatic heterocycles. The maximum atomic E-state index is 12.4. The first kappa shape index (κ1) is 14.5. The Kier molecular flexibility index (Phi) is 4.04. The van der Waals surface area contributed by atoms with Crippen LogP contribution in [0.1, 0.15) is 12.7 Å². The molecule has 2 aromatic rings. The first-order chi connectivity index (χ1) is 10.6. The zero-order valence-corrected chi connectivity index (χ0v) is 12.8. The summed E-state index contributed by atoms with van der Waals surface area (Å²) in [6, 6.07) is 5.84. The van der Waals surface area contributed by atoms with Gasteiger partial charge in [0.2, 0.25) is 5.91 Å². The van der Waals surface area contributed by atoms with Crippen molar-refractivity contribution in [2.75, 3.05) is 18.0 Å². The summed E-state index contributed by atoms with van der Waals surface area (Å²) in [5.74, 6) is 2.00. The van der Waals surface area contributed by atoms with Crippen molar-refractivity contribution in [3.63, 3.8) is 0 Å². The quantitative estimate of drug-likeness (QED) is 0.895. The van der Waals surface area contributed by atoms with Crippen molar-refractivity contribution in [3.8, 4) is 0 Å². The molecule has 0 unspecified atom stereocenters. The number of hydrogen-bond donors (Lipinski definition) is 1. The molecule has 116 valence electrons. The number of nitrogens with one attached hydrogen (secondary N) is 1. The van der Waals surface area contributed by atoms with E-state index in [1.807, 2.05) is 25.2 Å². The summed E-state index contributed by atoms with van der Waals surface area (Å²) >= 11 is 0. The van der Waals surface area contributed by atoms with Crippen molar-refractivity contribution in [3.05, 3.63) is 36.5 Å². The number of amides is 1. The van der Waals surface area contributed by atoms with Crippen LogP contribution in [0.3, 0.4) is 0 Å². The van der Waals surface area contributed by atoms with Crippen LogP contribution in [-0.2, 0) is 18.4 Å². The van der Waals surface area contributed by atoms with E-state index in [1.165, 1.54) is 6.33 Å². The molecule has 0 spiro atoms. The second-order valence-electron chi connectivity index (χ2n) is 5.69. The molecule has 1 fully saturated rings. The van der Waals surface area contributed by atoms with E-state index in [4.69, 9.17) is 0 Å². The van der Waals surface area contributed by atoms with Crippen LogP contribution < -0.4 is 10.2 Å². The molecule has 2 atom stereocenters. The topological polar surface area (TPSA) is 75.9 Å². The van der Waals surface area contributed by atoms with Gasteiger partial charge in [0, 0.05) is 26.3 Å². The highest BCUT2D eigenvalue weighted by atomic mass is 16.2. The van der Waals surface area contributed by atoms with Gasteiger partial charge < -0.3 is 10.2 Å². The summed E-state index contributed by atoms with van der Waals surface area (Å²) in [7, 11) is 1.81. The monoisotopic (exact) mass is 300 g/mol. The lowest BCUT2D eigenvalue weighted by atomic mass is 9.97. The van der Waals surface area contributed by atoms with Gasteiger partial charge in [-0.3, -0.25) is 9.48 Å². The standard InChI is InChI=1S/C15H20N6O/c1-11-8-21(13-5-3-4-6-16-13)9-12(11)15(22)17-7-14-18-10-19-20(14)2/h3-6,10-12H,7-9H2,1-2H3,(H,17,22)/t11-,12-/m1/s1. The van der Waals surface area contributed by atoms with Gasteiger partial charge in [-0.2, -0.15) is 5.10 Å². The van der Waals surface area contributed by atoms with Crippen LogP contribution in [0.15, 0.2) is 30.7 Å². The third-order valence-corrected chi connectivity index (χ3v) is 4.15. The van der Waals surface area contributed by atoms with Gasteiger partial charge in [0.1, 0.15) is 18.0 Å². The highest BCUT2D eigenvalue weighted by molar-refractivity contribution is 5.80. The molecule has 7 heteroatoms. The van der Waals surface area contributed by atoms with E-state index < -0.39 is 0 Å². The molecule has 1 amide bonds. The lowest BCUT2D eigenvalue weighted by Crippen LogP contribution is -2.35. The van der Waals surface area contributed by atoms with Gasteiger partial charge in [-0.05, 0) is 18.1 Å². The van der Waals surface area contributed by atoms with Crippen LogP contribution in [0.5, 0.6) is 0 Å². The molecule has 0 bridgehead atoms. The fraction of sp³-hybridized carbons (Fsp3) is 0.467. The van der Waals surface area contributed by atoms with Gasteiger partial charge >= 0.3 is 0 Å². The number of pyridine rings is 1. The number of aromatic nitrogens is 4. The maximum absolute atomic E-state index is 12.4. The summed E-state index contributed by atoms with van der Waals surface area (Å²) in [6.45, 7) is 4.06. The normalized spacial score (nSPS) is 21.1.